The molecule has 0 N–H and O–H groups in total. The molecule has 9 nitrogen and oxygen atoms in total. The number of carbonyl (C=O) groups excluding carboxylic acids is 2. The number of esters is 2. The van der Waals surface area contributed by atoms with Crippen LogP contribution in [-0.4, -0.2) is 70.0 Å². The summed E-state index contributed by atoms with van der Waals surface area (Å²) in [4.78, 5) is 37.7. The minimum atomic E-state index is -4.63. The third kappa shape index (κ3) is 48.0. The fourth-order valence-electron chi connectivity index (χ4n) is 7.39. The summed E-state index contributed by atoms with van der Waals surface area (Å²) in [6, 6.07) is 0. The predicted molar refractivity (Wildman–Crippen MR) is 259 cm³/mol. The molecule has 0 fully saturated rings. The van der Waals surface area contributed by atoms with Crippen LogP contribution in [-0.2, 0) is 32.7 Å². The maximum absolute atomic E-state index is 12.7. The van der Waals surface area contributed by atoms with Gasteiger partial charge in [-0.15, -0.1) is 0 Å². The van der Waals surface area contributed by atoms with E-state index in [4.69, 9.17) is 18.5 Å². The minimum absolute atomic E-state index is 0.0299. The molecular weight excluding hydrogens is 798 g/mol. The fourth-order valence-corrected chi connectivity index (χ4v) is 8.12. The molecule has 0 amide bonds. The third-order valence-electron chi connectivity index (χ3n) is 11.5. The van der Waals surface area contributed by atoms with Crippen molar-refractivity contribution < 1.29 is 42.1 Å². The van der Waals surface area contributed by atoms with E-state index in [-0.39, 0.29) is 32.0 Å². The molecule has 0 saturated carbocycles. The predicted octanol–water partition coefficient (Wildman–Crippen LogP) is 14.8. The van der Waals surface area contributed by atoms with Crippen molar-refractivity contribution in [1.29, 1.82) is 0 Å². The van der Waals surface area contributed by atoms with Crippen molar-refractivity contribution in [3.63, 3.8) is 0 Å². The summed E-state index contributed by atoms with van der Waals surface area (Å²) in [7, 11) is 1.17. The summed E-state index contributed by atoms with van der Waals surface area (Å²) < 4.78 is 34.1. The molecule has 0 rings (SSSR count). The van der Waals surface area contributed by atoms with Gasteiger partial charge in [0.1, 0.15) is 19.8 Å². The van der Waals surface area contributed by atoms with E-state index < -0.39 is 26.5 Å². The fraction of sp³-hybridized carbons (Fsp3) is 0.885. The van der Waals surface area contributed by atoms with E-state index in [1.807, 2.05) is 21.1 Å². The number of unbranched alkanes of at least 4 members (excludes halogenated alkanes) is 30. The lowest BCUT2D eigenvalue weighted by atomic mass is 10.0. The molecule has 366 valence electrons. The quantitative estimate of drug-likeness (QED) is 0.0195. The Balaban J connectivity index is 4.22. The second-order valence-electron chi connectivity index (χ2n) is 18.9. The number of hydrogen-bond acceptors (Lipinski definition) is 8. The van der Waals surface area contributed by atoms with Gasteiger partial charge in [0.25, 0.3) is 7.82 Å². The van der Waals surface area contributed by atoms with Gasteiger partial charge in [-0.3, -0.25) is 14.2 Å². The van der Waals surface area contributed by atoms with E-state index in [1.165, 1.54) is 161 Å². The number of carbonyl (C=O) groups is 2. The zero-order chi connectivity index (χ0) is 45.7. The highest BCUT2D eigenvalue weighted by Gasteiger charge is 2.21. The van der Waals surface area contributed by atoms with Gasteiger partial charge in [0.15, 0.2) is 6.10 Å². The second kappa shape index (κ2) is 44.7. The smallest absolute Gasteiger partial charge is 0.306 e. The van der Waals surface area contributed by atoms with Gasteiger partial charge < -0.3 is 27.9 Å². The highest BCUT2D eigenvalue weighted by atomic mass is 31.2. The summed E-state index contributed by atoms with van der Waals surface area (Å²) in [5.41, 5.74) is 0. The SMILES string of the molecule is CCCCC/C=C/C/C=C/CCCCCCCCCC(=O)OC[C@H](COP(=O)([O-])OCC[N+](C)(C)C)OC(=O)CCCCCCCCCCCCCCCCCCCCCCC. The molecule has 0 aromatic carbocycles. The summed E-state index contributed by atoms with van der Waals surface area (Å²) in [6.07, 6.45) is 50.6. The monoisotopic (exact) mass is 898 g/mol. The van der Waals surface area contributed by atoms with Crippen molar-refractivity contribution in [2.45, 2.75) is 251 Å². The van der Waals surface area contributed by atoms with Crippen molar-refractivity contribution in [2.75, 3.05) is 47.5 Å². The molecule has 0 aliphatic heterocycles. The van der Waals surface area contributed by atoms with E-state index in [0.29, 0.717) is 17.4 Å². The van der Waals surface area contributed by atoms with Gasteiger partial charge in [0.05, 0.1) is 27.7 Å². The van der Waals surface area contributed by atoms with Crippen molar-refractivity contribution in [3.8, 4) is 0 Å². The summed E-state index contributed by atoms with van der Waals surface area (Å²) in [6.45, 7) is 4.24. The number of phosphoric acid groups is 1. The zero-order valence-electron chi connectivity index (χ0n) is 41.3. The molecule has 0 aromatic heterocycles. The number of allylic oxidation sites excluding steroid dienone is 4. The number of likely N-dealkylation sites (N-methyl/N-ethyl adjacent to an activating group) is 1. The first kappa shape index (κ1) is 60.5. The lowest BCUT2D eigenvalue weighted by Crippen LogP contribution is -2.37. The molecule has 0 aliphatic rings. The zero-order valence-corrected chi connectivity index (χ0v) is 42.2. The van der Waals surface area contributed by atoms with Crippen LogP contribution in [0.25, 0.3) is 0 Å². The summed E-state index contributed by atoms with van der Waals surface area (Å²) in [5, 5.41) is 0. The molecule has 1 unspecified atom stereocenters. The third-order valence-corrected chi connectivity index (χ3v) is 12.4. The van der Waals surface area contributed by atoms with Crippen LogP contribution in [0.4, 0.5) is 0 Å². The Morgan fingerprint density at radius 3 is 1.31 bits per heavy atom. The van der Waals surface area contributed by atoms with Crippen LogP contribution in [0.15, 0.2) is 24.3 Å². The summed E-state index contributed by atoms with van der Waals surface area (Å²) in [5.74, 6) is -0.831. The number of nitrogens with zero attached hydrogens (tertiary/aromatic N) is 1. The minimum Gasteiger partial charge on any atom is -0.756 e. The first-order valence-corrected chi connectivity index (χ1v) is 27.5. The van der Waals surface area contributed by atoms with Gasteiger partial charge in [-0.2, -0.15) is 0 Å². The van der Waals surface area contributed by atoms with Gasteiger partial charge in [-0.25, -0.2) is 0 Å². The van der Waals surface area contributed by atoms with Crippen molar-refractivity contribution >= 4 is 19.8 Å². The Hall–Kier alpha value is -1.51. The normalized spacial score (nSPS) is 13.6. The largest absolute Gasteiger partial charge is 0.756 e. The van der Waals surface area contributed by atoms with E-state index >= 15 is 0 Å². The van der Waals surface area contributed by atoms with E-state index in [2.05, 4.69) is 38.2 Å². The topological polar surface area (TPSA) is 111 Å². The van der Waals surface area contributed by atoms with Gasteiger partial charge in [-0.1, -0.05) is 212 Å². The first-order chi connectivity index (χ1) is 30.0. The average molecular weight is 898 g/mol. The van der Waals surface area contributed by atoms with Crippen LogP contribution >= 0.6 is 7.82 Å². The Kier molecular flexibility index (Phi) is 43.6. The maximum Gasteiger partial charge on any atom is 0.306 e. The van der Waals surface area contributed by atoms with Crippen LogP contribution in [0.5, 0.6) is 0 Å². The molecule has 0 saturated heterocycles. The molecule has 0 aromatic rings. The number of hydrogen-bond donors (Lipinski definition) is 0. The molecule has 0 bridgehead atoms. The molecule has 2 atom stereocenters. The maximum atomic E-state index is 12.7. The Labute approximate surface area is 383 Å². The average Bonchev–Trinajstić information content (AvgIpc) is 3.23. The van der Waals surface area contributed by atoms with Crippen LogP contribution in [0.1, 0.15) is 245 Å². The molecular formula is C52H100NO8P. The van der Waals surface area contributed by atoms with Gasteiger partial charge in [-0.05, 0) is 44.9 Å². The molecule has 0 spiro atoms. The number of quaternary nitrogens is 1. The lowest BCUT2D eigenvalue weighted by Gasteiger charge is -2.28. The lowest BCUT2D eigenvalue weighted by molar-refractivity contribution is -0.870. The number of phosphoric ester groups is 1. The van der Waals surface area contributed by atoms with Crippen LogP contribution in [0, 0.1) is 0 Å². The van der Waals surface area contributed by atoms with E-state index in [0.717, 1.165) is 51.4 Å². The Bertz CT molecular complexity index is 1110. The van der Waals surface area contributed by atoms with Crippen molar-refractivity contribution in [3.05, 3.63) is 24.3 Å². The van der Waals surface area contributed by atoms with Crippen molar-refractivity contribution in [2.24, 2.45) is 0 Å². The van der Waals surface area contributed by atoms with E-state index in [9.17, 15) is 19.0 Å². The molecule has 62 heavy (non-hydrogen) atoms. The Morgan fingerprint density at radius 2 is 0.871 bits per heavy atom. The van der Waals surface area contributed by atoms with Crippen LogP contribution in [0.3, 0.4) is 0 Å². The standard InChI is InChI=1S/C52H100NO8P/c1-6-8-10-12-14-16-18-20-22-24-25-26-27-29-31-33-35-37-39-41-43-45-52(55)61-50(49-60-62(56,57)59-47-46-53(3,4)5)48-58-51(54)44-42-40-38-36-34-32-30-28-23-21-19-17-15-13-11-9-7-2/h15,17,21,23,50H,6-14,16,18-20,22,24-49H2,1-5H3/b17-15+,23-21+/t50-/m1/s1. The van der Waals surface area contributed by atoms with Gasteiger partial charge in [0.2, 0.25) is 0 Å². The highest BCUT2D eigenvalue weighted by molar-refractivity contribution is 7.45. The summed E-state index contributed by atoms with van der Waals surface area (Å²) >= 11 is 0. The van der Waals surface area contributed by atoms with Crippen LogP contribution < -0.4 is 4.89 Å². The van der Waals surface area contributed by atoms with Crippen molar-refractivity contribution in [1.82, 2.24) is 0 Å². The first-order valence-electron chi connectivity index (χ1n) is 26.0. The molecule has 10 heteroatoms. The van der Waals surface area contributed by atoms with Gasteiger partial charge >= 0.3 is 11.9 Å². The van der Waals surface area contributed by atoms with Gasteiger partial charge in [0, 0.05) is 12.8 Å². The molecule has 0 radical (unpaired) electrons. The highest BCUT2D eigenvalue weighted by Crippen LogP contribution is 2.38. The molecule has 0 aliphatic carbocycles. The number of rotatable bonds is 48. The second-order valence-corrected chi connectivity index (χ2v) is 20.3. The van der Waals surface area contributed by atoms with E-state index in [1.54, 1.807) is 0 Å². The number of ether oxygens (including phenoxy) is 2. The molecule has 0 heterocycles. The Morgan fingerprint density at radius 1 is 0.500 bits per heavy atom. The van der Waals surface area contributed by atoms with Crippen LogP contribution in [0.2, 0.25) is 0 Å².